The third-order valence-corrected chi connectivity index (χ3v) is 3.69. The molecular formula is C14H11F2N3O2S. The number of amides is 1. The highest BCUT2D eigenvalue weighted by Gasteiger charge is 2.15. The fourth-order valence-corrected chi connectivity index (χ4v) is 2.70. The van der Waals surface area contributed by atoms with Crippen LogP contribution in [0.2, 0.25) is 0 Å². The summed E-state index contributed by atoms with van der Waals surface area (Å²) in [7, 11) is 0. The average molecular weight is 323 g/mol. The summed E-state index contributed by atoms with van der Waals surface area (Å²) in [5, 5.41) is 4.55. The van der Waals surface area contributed by atoms with Crippen LogP contribution in [0.4, 0.5) is 8.78 Å². The first kappa shape index (κ1) is 14.5. The number of nitrogens with zero attached hydrogens (tertiary/aromatic N) is 2. The topological polar surface area (TPSA) is 55.6 Å². The molecule has 1 N–H and O–H groups in total. The molecule has 1 aromatic carbocycles. The second kappa shape index (κ2) is 6.10. The van der Waals surface area contributed by atoms with E-state index in [1.54, 1.807) is 12.3 Å². The van der Waals surface area contributed by atoms with E-state index < -0.39 is 12.5 Å². The van der Waals surface area contributed by atoms with Gasteiger partial charge in [-0.05, 0) is 12.1 Å². The number of fused-ring (bicyclic) bond motifs is 1. The molecule has 0 saturated carbocycles. The molecule has 3 rings (SSSR count). The predicted octanol–water partition coefficient (Wildman–Crippen LogP) is 2.93. The number of ether oxygens (including phenoxy) is 1. The van der Waals surface area contributed by atoms with Gasteiger partial charge in [0.1, 0.15) is 5.75 Å². The van der Waals surface area contributed by atoms with E-state index in [-0.39, 0.29) is 17.9 Å². The highest BCUT2D eigenvalue weighted by molar-refractivity contribution is 7.15. The van der Waals surface area contributed by atoms with Crippen molar-refractivity contribution in [2.45, 2.75) is 13.2 Å². The molecule has 114 valence electrons. The van der Waals surface area contributed by atoms with E-state index in [0.717, 1.165) is 4.96 Å². The number of carbonyl (C=O) groups excluding carboxylic acids is 1. The Balaban J connectivity index is 1.70. The molecule has 2 heterocycles. The lowest BCUT2D eigenvalue weighted by Crippen LogP contribution is -2.24. The van der Waals surface area contributed by atoms with Gasteiger partial charge in [0.15, 0.2) is 4.96 Å². The lowest BCUT2D eigenvalue weighted by atomic mass is 10.2. The number of imidazole rings is 1. The summed E-state index contributed by atoms with van der Waals surface area (Å²) < 4.78 is 30.9. The van der Waals surface area contributed by atoms with Crippen LogP contribution in [0.15, 0.2) is 42.0 Å². The van der Waals surface area contributed by atoms with Crippen molar-refractivity contribution >= 4 is 22.2 Å². The molecule has 0 aliphatic carbocycles. The van der Waals surface area contributed by atoms with Gasteiger partial charge >= 0.3 is 6.61 Å². The van der Waals surface area contributed by atoms with Gasteiger partial charge in [-0.25, -0.2) is 4.98 Å². The van der Waals surface area contributed by atoms with Gasteiger partial charge in [0.2, 0.25) is 0 Å². The summed E-state index contributed by atoms with van der Waals surface area (Å²) in [4.78, 5) is 17.3. The van der Waals surface area contributed by atoms with Crippen LogP contribution in [0.5, 0.6) is 5.75 Å². The summed E-state index contributed by atoms with van der Waals surface area (Å²) in [6.07, 6.45) is 3.66. The number of carbonyl (C=O) groups is 1. The van der Waals surface area contributed by atoms with Crippen molar-refractivity contribution in [1.82, 2.24) is 14.7 Å². The van der Waals surface area contributed by atoms with Gasteiger partial charge < -0.3 is 10.1 Å². The first-order valence-electron chi connectivity index (χ1n) is 6.36. The molecule has 0 bridgehead atoms. The molecule has 0 aliphatic rings. The first-order chi connectivity index (χ1) is 10.6. The summed E-state index contributed by atoms with van der Waals surface area (Å²) >= 11 is 1.48. The van der Waals surface area contributed by atoms with Crippen LogP contribution in [0.1, 0.15) is 16.1 Å². The minimum absolute atomic E-state index is 0.0591. The average Bonchev–Trinajstić information content (AvgIpc) is 3.05. The van der Waals surface area contributed by atoms with E-state index >= 15 is 0 Å². The zero-order valence-electron chi connectivity index (χ0n) is 11.2. The van der Waals surface area contributed by atoms with Crippen LogP contribution in [-0.2, 0) is 6.54 Å². The number of nitrogens with one attached hydrogen (secondary N) is 1. The van der Waals surface area contributed by atoms with Crippen LogP contribution in [-0.4, -0.2) is 21.9 Å². The number of para-hydroxylation sites is 1. The first-order valence-corrected chi connectivity index (χ1v) is 7.24. The number of benzene rings is 1. The lowest BCUT2D eigenvalue weighted by Gasteiger charge is -2.10. The number of halogens is 2. The van der Waals surface area contributed by atoms with Gasteiger partial charge in [0.25, 0.3) is 5.91 Å². The molecule has 0 spiro atoms. The van der Waals surface area contributed by atoms with Crippen molar-refractivity contribution in [3.63, 3.8) is 0 Å². The Labute approximate surface area is 128 Å². The predicted molar refractivity (Wildman–Crippen MR) is 77.3 cm³/mol. The lowest BCUT2D eigenvalue weighted by molar-refractivity contribution is -0.0501. The van der Waals surface area contributed by atoms with Crippen molar-refractivity contribution in [3.8, 4) is 5.75 Å². The quantitative estimate of drug-likeness (QED) is 0.785. The maximum Gasteiger partial charge on any atom is 0.387 e. The van der Waals surface area contributed by atoms with Crippen LogP contribution in [0.25, 0.3) is 4.96 Å². The zero-order chi connectivity index (χ0) is 15.5. The third kappa shape index (κ3) is 3.06. The van der Waals surface area contributed by atoms with Crippen LogP contribution >= 0.6 is 11.3 Å². The van der Waals surface area contributed by atoms with Crippen molar-refractivity contribution in [2.75, 3.05) is 0 Å². The molecule has 8 heteroatoms. The smallest absolute Gasteiger partial charge is 0.387 e. The Morgan fingerprint density at radius 3 is 3.00 bits per heavy atom. The van der Waals surface area contributed by atoms with Crippen molar-refractivity contribution in [2.24, 2.45) is 0 Å². The fraction of sp³-hybridized carbons (Fsp3) is 0.143. The second-order valence-corrected chi connectivity index (χ2v) is 5.26. The summed E-state index contributed by atoms with van der Waals surface area (Å²) in [5.41, 5.74) is 0.747. The molecule has 0 radical (unpaired) electrons. The zero-order valence-corrected chi connectivity index (χ0v) is 12.0. The van der Waals surface area contributed by atoms with Gasteiger partial charge in [-0.1, -0.05) is 12.1 Å². The number of aromatic nitrogens is 2. The molecule has 0 fully saturated rings. The standard InChI is InChI=1S/C14H11F2N3O2S/c15-13(16)21-11-4-2-1-3-10(11)12(20)17-7-9-8-19-5-6-22-14(19)18-9/h1-6,8,13H,7H2,(H,17,20). The highest BCUT2D eigenvalue weighted by atomic mass is 32.1. The number of hydrogen-bond acceptors (Lipinski definition) is 4. The Kier molecular flexibility index (Phi) is 4.01. The fourth-order valence-electron chi connectivity index (χ4n) is 1.98. The minimum Gasteiger partial charge on any atom is -0.434 e. The number of hydrogen-bond donors (Lipinski definition) is 1. The molecule has 0 atom stereocenters. The van der Waals surface area contributed by atoms with Gasteiger partial charge in [-0.3, -0.25) is 9.20 Å². The second-order valence-electron chi connectivity index (χ2n) is 4.38. The Bertz CT molecular complexity index is 772. The molecule has 5 nitrogen and oxygen atoms in total. The van der Waals surface area contributed by atoms with Crippen molar-refractivity contribution in [3.05, 3.63) is 53.3 Å². The Hall–Kier alpha value is -2.48. The molecule has 22 heavy (non-hydrogen) atoms. The largest absolute Gasteiger partial charge is 0.434 e. The molecule has 2 aromatic heterocycles. The summed E-state index contributed by atoms with van der Waals surface area (Å²) in [6.45, 7) is -2.77. The third-order valence-electron chi connectivity index (χ3n) is 2.92. The van der Waals surface area contributed by atoms with E-state index in [9.17, 15) is 13.6 Å². The van der Waals surface area contributed by atoms with Gasteiger partial charge in [-0.15, -0.1) is 11.3 Å². The van der Waals surface area contributed by atoms with Crippen LogP contribution < -0.4 is 10.1 Å². The van der Waals surface area contributed by atoms with E-state index in [4.69, 9.17) is 0 Å². The normalized spacial score (nSPS) is 11.0. The van der Waals surface area contributed by atoms with Crippen LogP contribution in [0.3, 0.4) is 0 Å². The van der Waals surface area contributed by atoms with E-state index in [2.05, 4.69) is 15.0 Å². The van der Waals surface area contributed by atoms with Crippen LogP contribution in [0, 0.1) is 0 Å². The minimum atomic E-state index is -2.98. The van der Waals surface area contributed by atoms with E-state index in [0.29, 0.717) is 5.69 Å². The molecule has 0 unspecified atom stereocenters. The van der Waals surface area contributed by atoms with Crippen molar-refractivity contribution < 1.29 is 18.3 Å². The Morgan fingerprint density at radius 1 is 1.41 bits per heavy atom. The van der Waals surface area contributed by atoms with E-state index in [1.807, 2.05) is 16.0 Å². The molecule has 0 aliphatic heterocycles. The molecule has 0 saturated heterocycles. The Morgan fingerprint density at radius 2 is 2.23 bits per heavy atom. The number of alkyl halides is 2. The van der Waals surface area contributed by atoms with Gasteiger partial charge in [0, 0.05) is 17.8 Å². The number of rotatable bonds is 5. The molecular weight excluding hydrogens is 312 g/mol. The number of thiazole rings is 1. The SMILES string of the molecule is O=C(NCc1cn2ccsc2n1)c1ccccc1OC(F)F. The summed E-state index contributed by atoms with van der Waals surface area (Å²) in [5.74, 6) is -0.645. The summed E-state index contributed by atoms with van der Waals surface area (Å²) in [6, 6.07) is 5.87. The van der Waals surface area contributed by atoms with Gasteiger partial charge in [-0.2, -0.15) is 8.78 Å². The molecule has 3 aromatic rings. The highest BCUT2D eigenvalue weighted by Crippen LogP contribution is 2.20. The molecule has 1 amide bonds. The van der Waals surface area contributed by atoms with Crippen molar-refractivity contribution in [1.29, 1.82) is 0 Å². The van der Waals surface area contributed by atoms with E-state index in [1.165, 1.54) is 29.5 Å². The maximum atomic E-state index is 12.3. The maximum absolute atomic E-state index is 12.3. The van der Waals surface area contributed by atoms with Gasteiger partial charge in [0.05, 0.1) is 17.8 Å². The monoisotopic (exact) mass is 323 g/mol.